The fourth-order valence-electron chi connectivity index (χ4n) is 2.52. The zero-order valence-electron chi connectivity index (χ0n) is 13.1. The molecule has 0 bridgehead atoms. The number of benzene rings is 1. The minimum absolute atomic E-state index is 0.213. The number of nitrogens with two attached hydrogens (primary N) is 2. The van der Waals surface area contributed by atoms with Crippen molar-refractivity contribution in [1.82, 2.24) is 0 Å². The van der Waals surface area contributed by atoms with Gasteiger partial charge in [-0.15, -0.1) is 0 Å². The van der Waals surface area contributed by atoms with Crippen molar-refractivity contribution in [3.63, 3.8) is 0 Å². The first-order valence-electron chi connectivity index (χ1n) is 7.31. The van der Waals surface area contributed by atoms with Gasteiger partial charge < -0.3 is 11.5 Å². The second kappa shape index (κ2) is 6.53. The number of hydrogen-bond donors (Lipinski definition) is 2. The lowest BCUT2D eigenvalue weighted by Crippen LogP contribution is -2.31. The quantitative estimate of drug-likeness (QED) is 0.855. The third kappa shape index (κ3) is 4.05. The summed E-state index contributed by atoms with van der Waals surface area (Å²) in [6.45, 7) is 12.6. The first-order valence-corrected chi connectivity index (χ1v) is 7.31. The van der Waals surface area contributed by atoms with Gasteiger partial charge in [0.1, 0.15) is 0 Å². The van der Waals surface area contributed by atoms with Crippen LogP contribution in [0, 0.1) is 11.8 Å². The summed E-state index contributed by atoms with van der Waals surface area (Å²) in [5.41, 5.74) is 14.6. The first-order chi connectivity index (χ1) is 8.81. The van der Waals surface area contributed by atoms with Crippen LogP contribution < -0.4 is 11.5 Å². The fraction of sp³-hybridized carbons (Fsp3) is 0.647. The molecule has 2 atom stereocenters. The van der Waals surface area contributed by atoms with Gasteiger partial charge in [-0.05, 0) is 47.4 Å². The lowest BCUT2D eigenvalue weighted by Gasteiger charge is -2.28. The Morgan fingerprint density at radius 1 is 0.947 bits per heavy atom. The van der Waals surface area contributed by atoms with E-state index in [2.05, 4.69) is 58.9 Å². The smallest absolute Gasteiger partial charge is 0.00340 e. The van der Waals surface area contributed by atoms with Crippen LogP contribution in [0.2, 0.25) is 0 Å². The van der Waals surface area contributed by atoms with E-state index in [1.54, 1.807) is 0 Å². The third-order valence-electron chi connectivity index (χ3n) is 4.44. The minimum atomic E-state index is 0.213. The Kier molecular flexibility index (Phi) is 5.57. The van der Waals surface area contributed by atoms with E-state index in [0.717, 1.165) is 0 Å². The van der Waals surface area contributed by atoms with Gasteiger partial charge in [0.2, 0.25) is 0 Å². The normalized spacial score (nSPS) is 15.6. The van der Waals surface area contributed by atoms with E-state index in [9.17, 15) is 0 Å². The van der Waals surface area contributed by atoms with Crippen LogP contribution in [0.1, 0.15) is 51.7 Å². The topological polar surface area (TPSA) is 52.0 Å². The van der Waals surface area contributed by atoms with Crippen LogP contribution in [0.4, 0.5) is 0 Å². The molecule has 0 saturated carbocycles. The third-order valence-corrected chi connectivity index (χ3v) is 4.44. The minimum Gasteiger partial charge on any atom is -0.330 e. The van der Waals surface area contributed by atoms with E-state index >= 15 is 0 Å². The van der Waals surface area contributed by atoms with Crippen molar-refractivity contribution in [2.24, 2.45) is 23.3 Å². The Bertz CT molecular complexity index is 371. The summed E-state index contributed by atoms with van der Waals surface area (Å²) in [7, 11) is 0. The van der Waals surface area contributed by atoms with Crippen LogP contribution in [0.15, 0.2) is 24.3 Å². The Morgan fingerprint density at radius 3 is 1.79 bits per heavy atom. The van der Waals surface area contributed by atoms with Crippen LogP contribution >= 0.6 is 0 Å². The van der Waals surface area contributed by atoms with Gasteiger partial charge in [-0.2, -0.15) is 0 Å². The van der Waals surface area contributed by atoms with Gasteiger partial charge in [0, 0.05) is 0 Å². The van der Waals surface area contributed by atoms with Gasteiger partial charge in [-0.1, -0.05) is 58.9 Å². The van der Waals surface area contributed by atoms with E-state index in [4.69, 9.17) is 11.5 Å². The molecule has 0 radical (unpaired) electrons. The van der Waals surface area contributed by atoms with E-state index in [0.29, 0.717) is 30.8 Å². The Hall–Kier alpha value is -0.860. The Labute approximate surface area is 118 Å². The van der Waals surface area contributed by atoms with E-state index in [-0.39, 0.29) is 5.41 Å². The molecule has 0 amide bonds. The van der Waals surface area contributed by atoms with Crippen molar-refractivity contribution in [2.45, 2.75) is 46.0 Å². The molecule has 2 nitrogen and oxygen atoms in total. The first kappa shape index (κ1) is 16.2. The van der Waals surface area contributed by atoms with Crippen molar-refractivity contribution in [3.05, 3.63) is 35.4 Å². The molecule has 1 aromatic rings. The summed E-state index contributed by atoms with van der Waals surface area (Å²) in [6.07, 6.45) is 0. The molecule has 0 aliphatic rings. The monoisotopic (exact) mass is 262 g/mol. The highest BCUT2D eigenvalue weighted by Gasteiger charge is 2.22. The lowest BCUT2D eigenvalue weighted by molar-refractivity contribution is 0.328. The summed E-state index contributed by atoms with van der Waals surface area (Å²) in [6, 6.07) is 9.01. The molecule has 4 N–H and O–H groups in total. The maximum absolute atomic E-state index is 5.80. The highest BCUT2D eigenvalue weighted by molar-refractivity contribution is 5.29. The summed E-state index contributed by atoms with van der Waals surface area (Å²) in [4.78, 5) is 0. The Morgan fingerprint density at radius 2 is 1.42 bits per heavy atom. The molecular weight excluding hydrogens is 232 g/mol. The predicted molar refractivity (Wildman–Crippen MR) is 84.3 cm³/mol. The lowest BCUT2D eigenvalue weighted by atomic mass is 9.79. The van der Waals surface area contributed by atoms with Crippen molar-refractivity contribution in [3.8, 4) is 0 Å². The van der Waals surface area contributed by atoms with Crippen LogP contribution in [0.3, 0.4) is 0 Å². The average molecular weight is 262 g/mol. The summed E-state index contributed by atoms with van der Waals surface area (Å²) in [5.74, 6) is 1.40. The largest absolute Gasteiger partial charge is 0.330 e. The van der Waals surface area contributed by atoms with Crippen LogP contribution in [0.5, 0.6) is 0 Å². The van der Waals surface area contributed by atoms with Crippen molar-refractivity contribution < 1.29 is 0 Å². The van der Waals surface area contributed by atoms with Crippen LogP contribution in [0.25, 0.3) is 0 Å². The maximum Gasteiger partial charge on any atom is -0.00340 e. The highest BCUT2D eigenvalue weighted by atomic mass is 14.6. The molecule has 0 aliphatic heterocycles. The molecule has 0 heterocycles. The summed E-state index contributed by atoms with van der Waals surface area (Å²) < 4.78 is 0. The summed E-state index contributed by atoms with van der Waals surface area (Å²) >= 11 is 0. The van der Waals surface area contributed by atoms with Crippen LogP contribution in [-0.4, -0.2) is 13.1 Å². The molecule has 1 rings (SSSR count). The molecule has 0 aliphatic carbocycles. The molecule has 0 spiro atoms. The van der Waals surface area contributed by atoms with Crippen molar-refractivity contribution >= 4 is 0 Å². The maximum atomic E-state index is 5.80. The average Bonchev–Trinajstić information content (AvgIpc) is 2.38. The molecule has 2 unspecified atom stereocenters. The van der Waals surface area contributed by atoms with Gasteiger partial charge in [0.05, 0.1) is 0 Å². The summed E-state index contributed by atoms with van der Waals surface area (Å²) in [5, 5.41) is 0. The van der Waals surface area contributed by atoms with E-state index < -0.39 is 0 Å². The molecule has 0 aromatic heterocycles. The molecule has 108 valence electrons. The zero-order chi connectivity index (χ0) is 14.6. The van der Waals surface area contributed by atoms with Crippen molar-refractivity contribution in [2.75, 3.05) is 13.1 Å². The Balaban J connectivity index is 2.86. The molecule has 0 fully saturated rings. The van der Waals surface area contributed by atoms with Gasteiger partial charge in [0.25, 0.3) is 0 Å². The number of rotatable bonds is 5. The highest BCUT2D eigenvalue weighted by Crippen LogP contribution is 2.31. The fourth-order valence-corrected chi connectivity index (χ4v) is 2.52. The van der Waals surface area contributed by atoms with E-state index in [1.165, 1.54) is 11.1 Å². The van der Waals surface area contributed by atoms with Gasteiger partial charge in [-0.25, -0.2) is 0 Å². The van der Waals surface area contributed by atoms with E-state index in [1.807, 2.05) is 0 Å². The van der Waals surface area contributed by atoms with Crippen molar-refractivity contribution in [1.29, 1.82) is 0 Å². The molecule has 2 heteroatoms. The van der Waals surface area contributed by atoms with Gasteiger partial charge in [-0.3, -0.25) is 0 Å². The molecule has 19 heavy (non-hydrogen) atoms. The molecule has 0 saturated heterocycles. The second-order valence-electron chi connectivity index (χ2n) is 6.75. The van der Waals surface area contributed by atoms with Gasteiger partial charge in [0.15, 0.2) is 0 Å². The molecular formula is C17H30N2. The molecule has 1 aromatic carbocycles. The van der Waals surface area contributed by atoms with Gasteiger partial charge >= 0.3 is 0 Å². The van der Waals surface area contributed by atoms with Crippen LogP contribution in [-0.2, 0) is 5.41 Å². The standard InChI is InChI=1S/C17H30N2/c1-12(13(2)15(10-18)11-19)14-6-8-16(9-7-14)17(3,4)5/h6-9,12-13,15H,10-11,18-19H2,1-5H3. The second-order valence-corrected chi connectivity index (χ2v) is 6.75. The SMILES string of the molecule is CC(c1ccc(C(C)(C)C)cc1)C(C)C(CN)CN. The number of hydrogen-bond acceptors (Lipinski definition) is 2. The predicted octanol–water partition coefficient (Wildman–Crippen LogP) is 3.26. The zero-order valence-corrected chi connectivity index (χ0v) is 13.1.